The lowest BCUT2D eigenvalue weighted by atomic mass is 10.1. The van der Waals surface area contributed by atoms with Gasteiger partial charge in [0.1, 0.15) is 11.4 Å². The van der Waals surface area contributed by atoms with Crippen LogP contribution in [0.25, 0.3) is 6.08 Å². The molecule has 2 aromatic rings. The van der Waals surface area contributed by atoms with E-state index >= 15 is 0 Å². The molecule has 2 aliphatic rings. The zero-order valence-corrected chi connectivity index (χ0v) is 21.2. The summed E-state index contributed by atoms with van der Waals surface area (Å²) in [5.74, 6) is 0.811. The number of allylic oxidation sites excluding steroid dienone is 1. The lowest BCUT2D eigenvalue weighted by molar-refractivity contribution is -0.185. The highest BCUT2D eigenvalue weighted by Crippen LogP contribution is 2.32. The van der Waals surface area contributed by atoms with Gasteiger partial charge in [-0.2, -0.15) is 0 Å². The molecule has 0 saturated carbocycles. The molecule has 5 heteroatoms. The van der Waals surface area contributed by atoms with E-state index in [0.717, 1.165) is 48.6 Å². The van der Waals surface area contributed by atoms with Gasteiger partial charge in [0.05, 0.1) is 18.4 Å². The van der Waals surface area contributed by atoms with Crippen LogP contribution < -0.4 is 4.74 Å². The van der Waals surface area contributed by atoms with Gasteiger partial charge < -0.3 is 18.9 Å². The number of pyridine rings is 1. The van der Waals surface area contributed by atoms with Crippen LogP contribution in [0.3, 0.4) is 0 Å². The van der Waals surface area contributed by atoms with Crippen molar-refractivity contribution in [2.75, 3.05) is 6.61 Å². The predicted molar refractivity (Wildman–Crippen MR) is 139 cm³/mol. The molecule has 2 aliphatic heterocycles. The number of hydrogen-bond acceptors (Lipinski definition) is 5. The molecule has 1 aromatic heterocycles. The zero-order chi connectivity index (χ0) is 24.1. The summed E-state index contributed by atoms with van der Waals surface area (Å²) in [6.07, 6.45) is 17.7. The molecule has 0 radical (unpaired) electrons. The monoisotopic (exact) mass is 479 g/mol. The van der Waals surface area contributed by atoms with Crippen LogP contribution in [0.15, 0.2) is 48.5 Å². The first-order chi connectivity index (χ1) is 17.3. The van der Waals surface area contributed by atoms with Crippen molar-refractivity contribution in [2.45, 2.75) is 103 Å². The Bertz CT molecular complexity index is 894. The first-order valence-electron chi connectivity index (χ1n) is 13.5. The summed E-state index contributed by atoms with van der Waals surface area (Å²) in [5, 5.41) is 0. The normalized spacial score (nSPS) is 20.9. The van der Waals surface area contributed by atoms with Gasteiger partial charge in [-0.25, -0.2) is 4.98 Å². The van der Waals surface area contributed by atoms with Gasteiger partial charge in [0.25, 0.3) is 0 Å². The Labute approximate surface area is 210 Å². The van der Waals surface area contributed by atoms with Crippen molar-refractivity contribution in [1.82, 2.24) is 4.98 Å². The molecule has 3 unspecified atom stereocenters. The number of nitrogens with zero attached hydrogens (tertiary/aromatic N) is 1. The number of ether oxygens (including phenoxy) is 4. The summed E-state index contributed by atoms with van der Waals surface area (Å²) >= 11 is 0. The van der Waals surface area contributed by atoms with Crippen LogP contribution >= 0.6 is 0 Å². The lowest BCUT2D eigenvalue weighted by Gasteiger charge is -2.26. The molecular weight excluding hydrogens is 438 g/mol. The molecule has 1 fully saturated rings. The van der Waals surface area contributed by atoms with Crippen LogP contribution in [0.4, 0.5) is 0 Å². The summed E-state index contributed by atoms with van der Waals surface area (Å²) in [6, 6.07) is 14.1. The van der Waals surface area contributed by atoms with E-state index in [4.69, 9.17) is 23.9 Å². The summed E-state index contributed by atoms with van der Waals surface area (Å²) in [4.78, 5) is 4.71. The van der Waals surface area contributed by atoms with Gasteiger partial charge in [-0.05, 0) is 63.7 Å². The Hall–Kier alpha value is -2.21. The van der Waals surface area contributed by atoms with Gasteiger partial charge in [-0.15, -0.1) is 0 Å². The molecule has 35 heavy (non-hydrogen) atoms. The minimum absolute atomic E-state index is 0.0389. The topological polar surface area (TPSA) is 49.8 Å². The Morgan fingerprint density at radius 3 is 2.63 bits per heavy atom. The van der Waals surface area contributed by atoms with Crippen LogP contribution in [0, 0.1) is 0 Å². The average Bonchev–Trinajstić information content (AvgIpc) is 2.90. The van der Waals surface area contributed by atoms with Crippen molar-refractivity contribution in [2.24, 2.45) is 0 Å². The molecule has 190 valence electrons. The highest BCUT2D eigenvalue weighted by Gasteiger charge is 2.22. The molecule has 1 saturated heterocycles. The van der Waals surface area contributed by atoms with E-state index in [1.165, 1.54) is 51.4 Å². The fourth-order valence-electron chi connectivity index (χ4n) is 4.64. The van der Waals surface area contributed by atoms with Crippen molar-refractivity contribution in [1.29, 1.82) is 0 Å². The van der Waals surface area contributed by atoms with Crippen LogP contribution in [0.1, 0.15) is 101 Å². The molecule has 0 bridgehead atoms. The molecule has 1 aromatic carbocycles. The number of benzene rings is 1. The minimum Gasteiger partial charge on any atom is -0.459 e. The Balaban J connectivity index is 1.05. The van der Waals surface area contributed by atoms with E-state index in [0.29, 0.717) is 12.7 Å². The van der Waals surface area contributed by atoms with Crippen molar-refractivity contribution < 1.29 is 18.9 Å². The first-order valence-corrected chi connectivity index (χ1v) is 13.5. The van der Waals surface area contributed by atoms with Gasteiger partial charge in [0, 0.05) is 12.2 Å². The molecule has 5 nitrogen and oxygen atoms in total. The third-order valence-corrected chi connectivity index (χ3v) is 6.67. The highest BCUT2D eigenvalue weighted by atomic mass is 16.7. The molecule has 0 N–H and O–H groups in total. The van der Waals surface area contributed by atoms with Crippen LogP contribution in [-0.4, -0.2) is 24.0 Å². The third kappa shape index (κ3) is 8.75. The maximum Gasteiger partial charge on any atom is 0.227 e. The van der Waals surface area contributed by atoms with E-state index in [2.05, 4.69) is 19.1 Å². The summed E-state index contributed by atoms with van der Waals surface area (Å²) in [7, 11) is 0. The summed E-state index contributed by atoms with van der Waals surface area (Å²) < 4.78 is 23.5. The lowest BCUT2D eigenvalue weighted by Crippen LogP contribution is -2.26. The molecule has 0 aliphatic carbocycles. The fraction of sp³-hybridized carbons (Fsp3) is 0.567. The Morgan fingerprint density at radius 1 is 0.971 bits per heavy atom. The smallest absolute Gasteiger partial charge is 0.227 e. The number of hydrogen-bond donors (Lipinski definition) is 0. The number of fused-ring (bicyclic) bond motifs is 1. The highest BCUT2D eigenvalue weighted by molar-refractivity contribution is 5.47. The van der Waals surface area contributed by atoms with Crippen LogP contribution in [0.5, 0.6) is 5.75 Å². The Morgan fingerprint density at radius 2 is 1.80 bits per heavy atom. The summed E-state index contributed by atoms with van der Waals surface area (Å²) in [6.45, 7) is 3.51. The molecule has 3 atom stereocenters. The van der Waals surface area contributed by atoms with Crippen molar-refractivity contribution >= 4 is 6.08 Å². The molecule has 0 amide bonds. The maximum absolute atomic E-state index is 6.00. The SMILES string of the molecule is CC(CCCCCCCCC=Cc1ccc2c(n1)COC(c1ccccc1)O2)OC1CCCCO1. The molecular formula is C30H41NO4. The molecule has 4 rings (SSSR count). The molecule has 3 heterocycles. The average molecular weight is 480 g/mol. The van der Waals surface area contributed by atoms with E-state index in [9.17, 15) is 0 Å². The van der Waals surface area contributed by atoms with E-state index in [1.54, 1.807) is 0 Å². The second-order valence-corrected chi connectivity index (χ2v) is 9.70. The van der Waals surface area contributed by atoms with Crippen LogP contribution in [-0.2, 0) is 20.8 Å². The predicted octanol–water partition coefficient (Wildman–Crippen LogP) is 7.76. The number of unbranched alkanes of at least 4 members (excludes halogenated alkanes) is 6. The Kier molecular flexibility index (Phi) is 10.6. The van der Waals surface area contributed by atoms with Gasteiger partial charge in [-0.3, -0.25) is 0 Å². The fourth-order valence-corrected chi connectivity index (χ4v) is 4.64. The maximum atomic E-state index is 6.00. The van der Waals surface area contributed by atoms with Gasteiger partial charge in [-0.1, -0.05) is 68.5 Å². The largest absolute Gasteiger partial charge is 0.459 e. The molecule has 0 spiro atoms. The van der Waals surface area contributed by atoms with Crippen molar-refractivity contribution in [3.63, 3.8) is 0 Å². The van der Waals surface area contributed by atoms with Gasteiger partial charge >= 0.3 is 0 Å². The van der Waals surface area contributed by atoms with E-state index in [1.807, 2.05) is 42.5 Å². The summed E-state index contributed by atoms with van der Waals surface area (Å²) in [5.41, 5.74) is 2.85. The van der Waals surface area contributed by atoms with E-state index in [-0.39, 0.29) is 12.6 Å². The first kappa shape index (κ1) is 25.9. The quantitative estimate of drug-likeness (QED) is 0.275. The minimum atomic E-state index is -0.361. The zero-order valence-electron chi connectivity index (χ0n) is 21.2. The number of rotatable bonds is 13. The van der Waals surface area contributed by atoms with Crippen LogP contribution in [0.2, 0.25) is 0 Å². The van der Waals surface area contributed by atoms with Crippen molar-refractivity contribution in [3.8, 4) is 5.75 Å². The van der Waals surface area contributed by atoms with E-state index < -0.39 is 0 Å². The third-order valence-electron chi connectivity index (χ3n) is 6.67. The standard InChI is InChI=1S/C30H41NO4/c1-24(34-29-19-13-14-22-32-29)15-9-6-4-2-3-5-7-12-18-26-20-21-28-27(31-26)23-33-30(35-28)25-16-10-8-11-17-25/h8,10-12,16-18,20-21,24,29-30H,2-7,9,13-15,19,22-23H2,1H3. The van der Waals surface area contributed by atoms with Crippen molar-refractivity contribution in [3.05, 3.63) is 65.5 Å². The second kappa shape index (κ2) is 14.4. The second-order valence-electron chi connectivity index (χ2n) is 9.70. The van der Waals surface area contributed by atoms with Gasteiger partial charge in [0.2, 0.25) is 6.29 Å². The van der Waals surface area contributed by atoms with Gasteiger partial charge in [0.15, 0.2) is 6.29 Å². The number of aromatic nitrogens is 1.